The summed E-state index contributed by atoms with van der Waals surface area (Å²) in [6, 6.07) is 8.53. The van der Waals surface area contributed by atoms with Crippen LogP contribution in [0.25, 0.3) is 11.0 Å². The number of aromatic amines is 1. The molecule has 4 nitrogen and oxygen atoms in total. The van der Waals surface area contributed by atoms with E-state index in [2.05, 4.69) is 21.4 Å². The van der Waals surface area contributed by atoms with Gasteiger partial charge < -0.3 is 15.0 Å². The number of fused-ring (bicyclic) bond motifs is 2. The van der Waals surface area contributed by atoms with Gasteiger partial charge in [-0.3, -0.25) is 0 Å². The Hall–Kier alpha value is -2.70. The number of anilines is 2. The molecule has 2 aliphatic rings. The van der Waals surface area contributed by atoms with Gasteiger partial charge in [-0.25, -0.2) is 4.98 Å². The van der Waals surface area contributed by atoms with Gasteiger partial charge in [0.2, 0.25) is 0 Å². The summed E-state index contributed by atoms with van der Waals surface area (Å²) in [6.45, 7) is 0.607. The lowest BCUT2D eigenvalue weighted by Gasteiger charge is -2.13. The third-order valence-corrected chi connectivity index (χ3v) is 4.88. The normalized spacial score (nSPS) is 16.6. The molecule has 1 fully saturated rings. The number of hydrogen-bond donors (Lipinski definition) is 2. The van der Waals surface area contributed by atoms with Crippen molar-refractivity contribution < 1.29 is 17.9 Å². The molecule has 0 spiro atoms. The predicted octanol–water partition coefficient (Wildman–Crippen LogP) is 4.94. The van der Waals surface area contributed by atoms with Gasteiger partial charge >= 0.3 is 6.18 Å². The number of aromatic nitrogens is 2. The van der Waals surface area contributed by atoms with Crippen molar-refractivity contribution in [2.75, 3.05) is 11.9 Å². The fourth-order valence-corrected chi connectivity index (χ4v) is 3.54. The Kier molecular flexibility index (Phi) is 3.23. The van der Waals surface area contributed by atoms with Gasteiger partial charge in [-0.2, -0.15) is 13.2 Å². The maximum absolute atomic E-state index is 13.3. The molecule has 2 N–H and O–H groups in total. The molecule has 2 aromatic heterocycles. The van der Waals surface area contributed by atoms with Gasteiger partial charge in [0, 0.05) is 23.6 Å². The number of rotatable bonds is 3. The number of alkyl halides is 3. The topological polar surface area (TPSA) is 49.9 Å². The van der Waals surface area contributed by atoms with E-state index in [-0.39, 0.29) is 17.0 Å². The highest BCUT2D eigenvalue weighted by Crippen LogP contribution is 2.47. The fourth-order valence-electron chi connectivity index (χ4n) is 3.54. The van der Waals surface area contributed by atoms with Crippen LogP contribution in [0.1, 0.15) is 35.4 Å². The van der Waals surface area contributed by atoms with Crippen molar-refractivity contribution in [3.05, 3.63) is 47.2 Å². The van der Waals surface area contributed by atoms with Gasteiger partial charge in [-0.15, -0.1) is 0 Å². The Morgan fingerprint density at radius 1 is 1.31 bits per heavy atom. The third kappa shape index (κ3) is 2.50. The van der Waals surface area contributed by atoms with E-state index in [0.29, 0.717) is 18.0 Å². The molecule has 1 radical (unpaired) electrons. The summed E-state index contributed by atoms with van der Waals surface area (Å²) in [4.78, 5) is 7.06. The Morgan fingerprint density at radius 3 is 2.92 bits per heavy atom. The third-order valence-electron chi connectivity index (χ3n) is 4.88. The molecule has 1 aliphatic heterocycles. The lowest BCUT2D eigenvalue weighted by molar-refractivity contribution is -0.136. The van der Waals surface area contributed by atoms with Gasteiger partial charge in [0.1, 0.15) is 17.2 Å². The quantitative estimate of drug-likeness (QED) is 0.697. The number of nitrogens with one attached hydrogen (secondary N) is 2. The Balaban J connectivity index is 1.61. The number of benzene rings is 1. The number of nitrogens with zero attached hydrogens (tertiary/aromatic N) is 1. The summed E-state index contributed by atoms with van der Waals surface area (Å²) in [5, 5.41) is 3.40. The molecular formula is C19H15F3N3O. The molecule has 7 heteroatoms. The van der Waals surface area contributed by atoms with Gasteiger partial charge in [0.15, 0.2) is 0 Å². The summed E-state index contributed by atoms with van der Waals surface area (Å²) >= 11 is 0. The fraction of sp³-hybridized carbons (Fsp3) is 0.316. The highest BCUT2D eigenvalue weighted by molar-refractivity contribution is 5.87. The standard InChI is InChI=1S/C19H15F3N3O/c20-19(21,22)13-9-23-18-16(13)12(10-4-5-10)8-15(25-18)24-14-3-1-2-11-6-7-26-17(11)14/h1,3,8-10H,4-7H2,(H2,23,24,25). The average molecular weight is 358 g/mol. The monoisotopic (exact) mass is 358 g/mol. The number of H-pyrrole nitrogens is 1. The Morgan fingerprint density at radius 2 is 2.15 bits per heavy atom. The predicted molar refractivity (Wildman–Crippen MR) is 90.8 cm³/mol. The van der Waals surface area contributed by atoms with Gasteiger partial charge in [0.05, 0.1) is 17.9 Å². The van der Waals surface area contributed by atoms with Crippen LogP contribution < -0.4 is 10.1 Å². The molecule has 133 valence electrons. The average Bonchev–Trinajstić information content (AvgIpc) is 3.15. The smallest absolute Gasteiger partial charge is 0.418 e. The number of halogens is 3. The second-order valence-electron chi connectivity index (χ2n) is 6.72. The zero-order chi connectivity index (χ0) is 17.9. The SMILES string of the molecule is FC(F)(F)c1c[nH]c2nc(Nc3cc[c]c4c3OCC4)cc(C3CC3)c12. The van der Waals surface area contributed by atoms with Gasteiger partial charge in [-0.1, -0.05) is 6.07 Å². The molecule has 0 saturated heterocycles. The molecule has 0 bridgehead atoms. The molecule has 3 heterocycles. The largest absolute Gasteiger partial charge is 0.491 e. The van der Waals surface area contributed by atoms with E-state index >= 15 is 0 Å². The number of ether oxygens (including phenoxy) is 1. The second kappa shape index (κ2) is 5.40. The Bertz CT molecular complexity index is 1010. The van der Waals surface area contributed by atoms with Crippen LogP contribution in [-0.4, -0.2) is 16.6 Å². The van der Waals surface area contributed by atoms with E-state index in [1.165, 1.54) is 0 Å². The first kappa shape index (κ1) is 15.5. The minimum absolute atomic E-state index is 0.157. The summed E-state index contributed by atoms with van der Waals surface area (Å²) in [5.41, 5.74) is 2.06. The summed E-state index contributed by atoms with van der Waals surface area (Å²) in [7, 11) is 0. The minimum atomic E-state index is -4.40. The van der Waals surface area contributed by atoms with Crippen molar-refractivity contribution >= 4 is 22.5 Å². The molecule has 26 heavy (non-hydrogen) atoms. The van der Waals surface area contributed by atoms with Crippen LogP contribution in [-0.2, 0) is 12.6 Å². The van der Waals surface area contributed by atoms with Crippen LogP contribution in [0.4, 0.5) is 24.7 Å². The maximum Gasteiger partial charge on any atom is 0.418 e. The molecule has 0 unspecified atom stereocenters. The molecule has 1 saturated carbocycles. The molecule has 5 rings (SSSR count). The molecule has 0 atom stereocenters. The van der Waals surface area contributed by atoms with E-state index < -0.39 is 11.7 Å². The van der Waals surface area contributed by atoms with E-state index in [9.17, 15) is 13.2 Å². The molecule has 3 aromatic rings. The number of hydrogen-bond acceptors (Lipinski definition) is 3. The van der Waals surface area contributed by atoms with E-state index in [0.717, 1.165) is 42.5 Å². The Labute approximate surface area is 147 Å². The zero-order valence-corrected chi connectivity index (χ0v) is 13.7. The lowest BCUT2D eigenvalue weighted by atomic mass is 10.0. The van der Waals surface area contributed by atoms with Crippen LogP contribution in [0.2, 0.25) is 0 Å². The van der Waals surface area contributed by atoms with Crippen LogP contribution >= 0.6 is 0 Å². The lowest BCUT2D eigenvalue weighted by Crippen LogP contribution is -2.05. The highest BCUT2D eigenvalue weighted by Gasteiger charge is 2.37. The van der Waals surface area contributed by atoms with Crippen LogP contribution in [0.5, 0.6) is 5.75 Å². The summed E-state index contributed by atoms with van der Waals surface area (Å²) in [6.07, 6.45) is -0.788. The highest BCUT2D eigenvalue weighted by atomic mass is 19.4. The van der Waals surface area contributed by atoms with Gasteiger partial charge in [-0.05, 0) is 42.5 Å². The van der Waals surface area contributed by atoms with Crippen molar-refractivity contribution in [3.8, 4) is 5.75 Å². The molecule has 0 amide bonds. The summed E-state index contributed by atoms with van der Waals surface area (Å²) < 4.78 is 45.6. The zero-order valence-electron chi connectivity index (χ0n) is 13.7. The van der Waals surface area contributed by atoms with Crippen molar-refractivity contribution in [1.29, 1.82) is 0 Å². The maximum atomic E-state index is 13.3. The van der Waals surface area contributed by atoms with Crippen molar-refractivity contribution in [1.82, 2.24) is 9.97 Å². The van der Waals surface area contributed by atoms with E-state index in [1.54, 1.807) is 6.07 Å². The first-order valence-corrected chi connectivity index (χ1v) is 8.53. The minimum Gasteiger partial charge on any atom is -0.491 e. The summed E-state index contributed by atoms with van der Waals surface area (Å²) in [5.74, 6) is 1.41. The first-order chi connectivity index (χ1) is 12.5. The second-order valence-corrected chi connectivity index (χ2v) is 6.72. The van der Waals surface area contributed by atoms with Crippen molar-refractivity contribution in [2.45, 2.75) is 31.4 Å². The molecular weight excluding hydrogens is 343 g/mol. The first-order valence-electron chi connectivity index (χ1n) is 8.53. The van der Waals surface area contributed by atoms with Gasteiger partial charge in [0.25, 0.3) is 0 Å². The van der Waals surface area contributed by atoms with Crippen LogP contribution in [0.15, 0.2) is 24.4 Å². The van der Waals surface area contributed by atoms with Crippen LogP contribution in [0, 0.1) is 6.07 Å². The van der Waals surface area contributed by atoms with Crippen molar-refractivity contribution in [2.24, 2.45) is 0 Å². The molecule has 1 aliphatic carbocycles. The van der Waals surface area contributed by atoms with Crippen LogP contribution in [0.3, 0.4) is 0 Å². The van der Waals surface area contributed by atoms with E-state index in [4.69, 9.17) is 4.74 Å². The molecule has 1 aromatic carbocycles. The van der Waals surface area contributed by atoms with E-state index in [1.807, 2.05) is 12.1 Å². The van der Waals surface area contributed by atoms with Crippen molar-refractivity contribution in [3.63, 3.8) is 0 Å². The number of pyridine rings is 1.